The highest BCUT2D eigenvalue weighted by molar-refractivity contribution is 7.86. The second-order valence-corrected chi connectivity index (χ2v) is 8.34. The molecule has 0 aliphatic heterocycles. The van der Waals surface area contributed by atoms with Gasteiger partial charge in [-0.25, -0.2) is 10.1 Å². The molecule has 1 aromatic carbocycles. The minimum Gasteiger partial charge on any atom is -0.444 e. The number of benzene rings is 1. The van der Waals surface area contributed by atoms with Crippen molar-refractivity contribution in [1.82, 2.24) is 5.32 Å². The number of carbonyl (C=O) groups is 2. The molecule has 1 rings (SSSR count). The molecule has 0 spiro atoms. The molecule has 0 saturated carbocycles. The Balaban J connectivity index is 2.74. The van der Waals surface area contributed by atoms with Crippen molar-refractivity contribution in [1.29, 1.82) is 0 Å². The van der Waals surface area contributed by atoms with E-state index in [4.69, 9.17) is 14.7 Å². The van der Waals surface area contributed by atoms with Gasteiger partial charge < -0.3 is 25.0 Å². The number of amides is 1. The Hall–Kier alpha value is -2.25. The summed E-state index contributed by atoms with van der Waals surface area (Å²) in [4.78, 5) is 23.4. The smallest absolute Gasteiger partial charge is 0.408 e. The van der Waals surface area contributed by atoms with Crippen LogP contribution in [0.3, 0.4) is 0 Å². The zero-order valence-electron chi connectivity index (χ0n) is 15.5. The topological polar surface area (TPSA) is 169 Å². The van der Waals surface area contributed by atoms with Gasteiger partial charge >= 0.3 is 12.1 Å². The van der Waals surface area contributed by atoms with Crippen LogP contribution < -0.4 is 10.1 Å². The van der Waals surface area contributed by atoms with E-state index in [1.807, 2.05) is 0 Å². The average molecular weight is 421 g/mol. The fourth-order valence-electron chi connectivity index (χ4n) is 1.94. The predicted molar refractivity (Wildman–Crippen MR) is 94.5 cm³/mol. The third kappa shape index (κ3) is 8.63. The summed E-state index contributed by atoms with van der Waals surface area (Å²) in [6, 6.07) is 4.17. The summed E-state index contributed by atoms with van der Waals surface area (Å²) in [5.74, 6) is -1.60. The van der Waals surface area contributed by atoms with Crippen LogP contribution in [0.1, 0.15) is 38.8 Å². The maximum atomic E-state index is 11.8. The Morgan fingerprint density at radius 1 is 1.14 bits per heavy atom. The first-order chi connectivity index (χ1) is 12.8. The molecule has 0 aliphatic rings. The highest BCUT2D eigenvalue weighted by atomic mass is 32.2. The Bertz CT molecular complexity index is 768. The lowest BCUT2D eigenvalue weighted by Crippen LogP contribution is -2.39. The van der Waals surface area contributed by atoms with Gasteiger partial charge in [0.05, 0.1) is 12.2 Å². The number of hydrogen-bond acceptors (Lipinski definition) is 10. The van der Waals surface area contributed by atoms with Gasteiger partial charge in [-0.05, 0) is 38.5 Å². The monoisotopic (exact) mass is 421 g/mol. The van der Waals surface area contributed by atoms with E-state index >= 15 is 0 Å². The molecule has 1 amide bonds. The van der Waals surface area contributed by atoms with Gasteiger partial charge in [0, 0.05) is 0 Å². The summed E-state index contributed by atoms with van der Waals surface area (Å²) < 4.78 is 35.1. The standard InChI is InChI=1S/C16H23NO10S/c1-16(2,3)26-15(21)17-13(14(19)20)10-4-6-11(7-5-10)25-12(18)8-9-28(23,24)27-22/h4-7,13-14,19-20,22H,8-9H2,1-3H3,(H,17,21). The Morgan fingerprint density at radius 3 is 2.18 bits per heavy atom. The molecule has 0 aliphatic carbocycles. The summed E-state index contributed by atoms with van der Waals surface area (Å²) in [6.45, 7) is 4.95. The third-order valence-corrected chi connectivity index (χ3v) is 4.04. The molecule has 1 aromatic rings. The molecule has 0 saturated heterocycles. The fraction of sp³-hybridized carbons (Fsp3) is 0.500. The normalized spacial score (nSPS) is 13.1. The van der Waals surface area contributed by atoms with Gasteiger partial charge in [-0.1, -0.05) is 12.1 Å². The summed E-state index contributed by atoms with van der Waals surface area (Å²) in [5, 5.41) is 29.5. The van der Waals surface area contributed by atoms with Crippen LogP contribution in [0.25, 0.3) is 0 Å². The van der Waals surface area contributed by atoms with Crippen molar-refractivity contribution in [2.24, 2.45) is 0 Å². The van der Waals surface area contributed by atoms with Crippen LogP contribution in [0.2, 0.25) is 0 Å². The van der Waals surface area contributed by atoms with Crippen LogP contribution >= 0.6 is 0 Å². The molecule has 11 nitrogen and oxygen atoms in total. The molecule has 0 fully saturated rings. The van der Waals surface area contributed by atoms with Crippen molar-refractivity contribution in [2.45, 2.75) is 45.1 Å². The molecule has 0 bridgehead atoms. The van der Waals surface area contributed by atoms with Gasteiger partial charge in [-0.15, -0.1) is 4.33 Å². The lowest BCUT2D eigenvalue weighted by atomic mass is 10.1. The molecule has 158 valence electrons. The van der Waals surface area contributed by atoms with Gasteiger partial charge in [-0.3, -0.25) is 4.79 Å². The van der Waals surface area contributed by atoms with E-state index < -0.39 is 52.3 Å². The number of ether oxygens (including phenoxy) is 2. The number of nitrogens with one attached hydrogen (secondary N) is 1. The van der Waals surface area contributed by atoms with E-state index in [-0.39, 0.29) is 11.3 Å². The maximum absolute atomic E-state index is 11.8. The fourth-order valence-corrected chi connectivity index (χ4v) is 2.43. The summed E-state index contributed by atoms with van der Waals surface area (Å²) in [7, 11) is -4.21. The lowest BCUT2D eigenvalue weighted by molar-refractivity contribution is -0.135. The maximum Gasteiger partial charge on any atom is 0.408 e. The second-order valence-electron chi connectivity index (χ2n) is 6.67. The minimum atomic E-state index is -4.21. The number of rotatable bonds is 8. The van der Waals surface area contributed by atoms with E-state index in [2.05, 4.69) is 9.65 Å². The average Bonchev–Trinajstić information content (AvgIpc) is 2.57. The first-order valence-electron chi connectivity index (χ1n) is 8.05. The molecule has 1 unspecified atom stereocenters. The number of aliphatic hydroxyl groups is 2. The van der Waals surface area contributed by atoms with Crippen LogP contribution in [0.5, 0.6) is 5.75 Å². The van der Waals surface area contributed by atoms with E-state index in [9.17, 15) is 28.2 Å². The molecule has 0 aromatic heterocycles. The van der Waals surface area contributed by atoms with Gasteiger partial charge in [0.2, 0.25) is 0 Å². The second kappa shape index (κ2) is 9.80. The predicted octanol–water partition coefficient (Wildman–Crippen LogP) is 0.678. The van der Waals surface area contributed by atoms with Gasteiger partial charge in [0.15, 0.2) is 6.29 Å². The zero-order valence-corrected chi connectivity index (χ0v) is 16.3. The van der Waals surface area contributed by atoms with Crippen LogP contribution in [-0.4, -0.2) is 53.6 Å². The third-order valence-electron chi connectivity index (χ3n) is 3.11. The van der Waals surface area contributed by atoms with Crippen LogP contribution in [0.15, 0.2) is 24.3 Å². The quantitative estimate of drug-likeness (QED) is 0.154. The SMILES string of the molecule is CC(C)(C)OC(=O)NC(c1ccc(OC(=O)CCS(=O)(=O)OO)cc1)C(O)O. The highest BCUT2D eigenvalue weighted by Crippen LogP contribution is 2.21. The van der Waals surface area contributed by atoms with Crippen molar-refractivity contribution in [3.63, 3.8) is 0 Å². The van der Waals surface area contributed by atoms with E-state index in [1.54, 1.807) is 20.8 Å². The van der Waals surface area contributed by atoms with Crippen molar-refractivity contribution in [3.05, 3.63) is 29.8 Å². The van der Waals surface area contributed by atoms with Crippen LogP contribution in [0.4, 0.5) is 4.79 Å². The van der Waals surface area contributed by atoms with Crippen LogP contribution in [-0.2, 0) is 24.0 Å². The van der Waals surface area contributed by atoms with E-state index in [1.165, 1.54) is 24.3 Å². The van der Waals surface area contributed by atoms with Crippen LogP contribution in [0, 0.1) is 0 Å². The molecule has 28 heavy (non-hydrogen) atoms. The molecule has 0 radical (unpaired) electrons. The molecule has 1 atom stereocenters. The number of alkyl carbamates (subject to hydrolysis) is 1. The molecule has 0 heterocycles. The van der Waals surface area contributed by atoms with E-state index in [0.717, 1.165) is 0 Å². The summed E-state index contributed by atoms with van der Waals surface area (Å²) in [6.07, 6.45) is -3.33. The highest BCUT2D eigenvalue weighted by Gasteiger charge is 2.25. The number of carbonyl (C=O) groups excluding carboxylic acids is 2. The van der Waals surface area contributed by atoms with Crippen molar-refractivity contribution in [3.8, 4) is 5.75 Å². The Morgan fingerprint density at radius 2 is 1.71 bits per heavy atom. The first kappa shape index (κ1) is 23.8. The Kier molecular flexibility index (Phi) is 8.32. The van der Waals surface area contributed by atoms with Crippen molar-refractivity contribution in [2.75, 3.05) is 5.75 Å². The molecular formula is C16H23NO10S. The Labute approximate surface area is 161 Å². The summed E-state index contributed by atoms with van der Waals surface area (Å²) in [5.41, 5.74) is -0.487. The van der Waals surface area contributed by atoms with Crippen molar-refractivity contribution >= 4 is 22.2 Å². The summed E-state index contributed by atoms with van der Waals surface area (Å²) >= 11 is 0. The minimum absolute atomic E-state index is 0.0551. The number of aliphatic hydroxyl groups excluding tert-OH is 1. The van der Waals surface area contributed by atoms with Crippen molar-refractivity contribution < 1.29 is 47.3 Å². The number of hydrogen-bond donors (Lipinski definition) is 4. The van der Waals surface area contributed by atoms with E-state index in [0.29, 0.717) is 0 Å². The molecule has 4 N–H and O–H groups in total. The number of esters is 1. The van der Waals surface area contributed by atoms with Gasteiger partial charge in [-0.2, -0.15) is 8.42 Å². The lowest BCUT2D eigenvalue weighted by Gasteiger charge is -2.25. The van der Waals surface area contributed by atoms with Gasteiger partial charge in [0.1, 0.15) is 17.4 Å². The first-order valence-corrected chi connectivity index (χ1v) is 9.63. The molecule has 12 heteroatoms. The zero-order chi connectivity index (χ0) is 21.5. The van der Waals surface area contributed by atoms with Gasteiger partial charge in [0.25, 0.3) is 10.1 Å². The molecular weight excluding hydrogens is 398 g/mol. The largest absolute Gasteiger partial charge is 0.444 e.